The Labute approximate surface area is 193 Å². The van der Waals surface area contributed by atoms with Gasteiger partial charge < -0.3 is 19.9 Å². The molecule has 1 aromatic heterocycles. The van der Waals surface area contributed by atoms with E-state index in [0.717, 1.165) is 54.2 Å². The Bertz CT molecular complexity index is 1300. The highest BCUT2D eigenvalue weighted by molar-refractivity contribution is 5.72. The molecular weight excluding hydrogens is 412 g/mol. The van der Waals surface area contributed by atoms with Gasteiger partial charge in [-0.15, -0.1) is 0 Å². The second-order valence-corrected chi connectivity index (χ2v) is 10.9. The van der Waals surface area contributed by atoms with Crippen LogP contribution in [0.5, 0.6) is 11.5 Å². The van der Waals surface area contributed by atoms with Crippen molar-refractivity contribution in [2.45, 2.75) is 55.3 Å². The largest absolute Gasteiger partial charge is 0.504 e. The third-order valence-electron chi connectivity index (χ3n) is 9.33. The summed E-state index contributed by atoms with van der Waals surface area (Å²) in [7, 11) is 0. The lowest BCUT2D eigenvalue weighted by molar-refractivity contribution is -0.173. The molecule has 8 rings (SSSR count). The van der Waals surface area contributed by atoms with Gasteiger partial charge in [-0.05, 0) is 60.9 Å². The van der Waals surface area contributed by atoms with Crippen LogP contribution in [-0.2, 0) is 18.3 Å². The number of aromatic amines is 1. The van der Waals surface area contributed by atoms with Gasteiger partial charge in [0.15, 0.2) is 17.6 Å². The van der Waals surface area contributed by atoms with Crippen LogP contribution in [0.2, 0.25) is 0 Å². The third kappa shape index (κ3) is 2.16. The molecule has 3 N–H and O–H groups in total. The van der Waals surface area contributed by atoms with E-state index in [9.17, 15) is 10.2 Å². The van der Waals surface area contributed by atoms with Crippen LogP contribution in [0, 0.1) is 5.92 Å². The first kappa shape index (κ1) is 18.6. The zero-order chi connectivity index (χ0) is 21.9. The second-order valence-electron chi connectivity index (χ2n) is 10.9. The van der Waals surface area contributed by atoms with Crippen molar-refractivity contribution < 1.29 is 14.9 Å². The number of nitrogens with one attached hydrogen (secondary N) is 1. The Kier molecular flexibility index (Phi) is 3.40. The van der Waals surface area contributed by atoms with Gasteiger partial charge in [0, 0.05) is 36.3 Å². The molecule has 2 bridgehead atoms. The van der Waals surface area contributed by atoms with Crippen molar-refractivity contribution in [1.82, 2.24) is 9.88 Å². The van der Waals surface area contributed by atoms with Crippen LogP contribution in [0.25, 0.3) is 11.1 Å². The summed E-state index contributed by atoms with van der Waals surface area (Å²) in [6.45, 7) is 2.06. The fourth-order valence-electron chi connectivity index (χ4n) is 7.71. The Balaban J connectivity index is 1.37. The van der Waals surface area contributed by atoms with Crippen molar-refractivity contribution >= 4 is 0 Å². The normalized spacial score (nSPS) is 33.4. The molecule has 3 aliphatic carbocycles. The molecule has 5 aliphatic rings. The Morgan fingerprint density at radius 3 is 2.79 bits per heavy atom. The van der Waals surface area contributed by atoms with Crippen LogP contribution >= 0.6 is 0 Å². The van der Waals surface area contributed by atoms with E-state index in [1.54, 1.807) is 6.07 Å². The molecule has 33 heavy (non-hydrogen) atoms. The van der Waals surface area contributed by atoms with Crippen LogP contribution in [0.4, 0.5) is 0 Å². The van der Waals surface area contributed by atoms with E-state index in [1.165, 1.54) is 24.0 Å². The number of piperidine rings is 1. The maximum absolute atomic E-state index is 12.8. The quantitative estimate of drug-likeness (QED) is 0.574. The Hall–Kier alpha value is -2.76. The third-order valence-corrected chi connectivity index (χ3v) is 9.33. The molecule has 5 heteroatoms. The van der Waals surface area contributed by atoms with E-state index < -0.39 is 11.0 Å². The number of phenolic OH excluding ortho intramolecular Hbond substituents is 1. The van der Waals surface area contributed by atoms with Crippen LogP contribution in [-0.4, -0.2) is 44.8 Å². The van der Waals surface area contributed by atoms with Crippen LogP contribution in [0.15, 0.2) is 48.7 Å². The number of nitrogens with zero attached hydrogens (tertiary/aromatic N) is 1. The number of aromatic nitrogens is 1. The van der Waals surface area contributed by atoms with Gasteiger partial charge >= 0.3 is 0 Å². The number of likely N-dealkylation sites (tertiary alicyclic amines) is 1. The van der Waals surface area contributed by atoms with E-state index in [0.29, 0.717) is 12.2 Å². The fourth-order valence-corrected chi connectivity index (χ4v) is 7.71. The van der Waals surface area contributed by atoms with Crippen molar-refractivity contribution in [1.29, 1.82) is 0 Å². The number of ether oxygens (including phenoxy) is 1. The molecule has 5 nitrogen and oxygen atoms in total. The summed E-state index contributed by atoms with van der Waals surface area (Å²) in [5.74, 6) is 1.56. The molecule has 1 saturated carbocycles. The van der Waals surface area contributed by atoms with Gasteiger partial charge in [-0.25, -0.2) is 0 Å². The van der Waals surface area contributed by atoms with Crippen LogP contribution in [0.1, 0.15) is 47.8 Å². The standard InChI is InChI=1S/C28H28N2O3/c31-21-9-8-18-12-22-28(32)13-19-20(17-4-2-1-3-5-17)14-29-24(19)26-27(28,23(18)25(21)33-26)10-11-30(22)15-16-6-7-16/h1-5,8-9,14,16,22,26,29,31-32H,6-7,10-13,15H2/t22?,26-,27?,28+/m0/s1. The summed E-state index contributed by atoms with van der Waals surface area (Å²) in [6.07, 6.45) is 6.66. The van der Waals surface area contributed by atoms with E-state index in [2.05, 4.69) is 46.4 Å². The van der Waals surface area contributed by atoms with E-state index in [4.69, 9.17) is 4.74 Å². The number of aliphatic hydroxyl groups is 1. The Morgan fingerprint density at radius 1 is 1.12 bits per heavy atom. The number of fused-ring (bicyclic) bond motifs is 2. The summed E-state index contributed by atoms with van der Waals surface area (Å²) in [5, 5.41) is 23.6. The molecule has 4 atom stereocenters. The molecule has 3 aromatic rings. The molecule has 3 heterocycles. The molecule has 2 unspecified atom stereocenters. The monoisotopic (exact) mass is 440 g/mol. The molecule has 0 amide bonds. The van der Waals surface area contributed by atoms with Gasteiger partial charge in [-0.1, -0.05) is 36.4 Å². The van der Waals surface area contributed by atoms with Crippen LogP contribution in [0.3, 0.4) is 0 Å². The molecule has 2 fully saturated rings. The number of rotatable bonds is 3. The van der Waals surface area contributed by atoms with Gasteiger partial charge in [-0.3, -0.25) is 4.90 Å². The number of phenols is 1. The van der Waals surface area contributed by atoms with Crippen molar-refractivity contribution in [3.05, 3.63) is 71.0 Å². The highest BCUT2D eigenvalue weighted by Gasteiger charge is 2.72. The van der Waals surface area contributed by atoms with Gasteiger partial charge in [0.2, 0.25) is 0 Å². The first-order valence-electron chi connectivity index (χ1n) is 12.3. The van der Waals surface area contributed by atoms with Crippen molar-refractivity contribution in [3.8, 4) is 22.6 Å². The topological polar surface area (TPSA) is 68.7 Å². The summed E-state index contributed by atoms with van der Waals surface area (Å²) in [6, 6.07) is 14.3. The van der Waals surface area contributed by atoms with Gasteiger partial charge in [0.25, 0.3) is 0 Å². The minimum absolute atomic E-state index is 0.0626. The highest BCUT2D eigenvalue weighted by atomic mass is 16.5. The van der Waals surface area contributed by atoms with Crippen molar-refractivity contribution in [2.75, 3.05) is 13.1 Å². The molecular formula is C28H28N2O3. The average molecular weight is 441 g/mol. The summed E-state index contributed by atoms with van der Waals surface area (Å²) < 4.78 is 6.62. The molecule has 1 spiro atoms. The molecule has 2 aliphatic heterocycles. The first-order chi connectivity index (χ1) is 16.1. The average Bonchev–Trinajstić information content (AvgIpc) is 3.42. The van der Waals surface area contributed by atoms with E-state index >= 15 is 0 Å². The van der Waals surface area contributed by atoms with Gasteiger partial charge in [0.1, 0.15) is 0 Å². The van der Waals surface area contributed by atoms with Gasteiger partial charge in [-0.2, -0.15) is 0 Å². The minimum Gasteiger partial charge on any atom is -0.504 e. The lowest BCUT2D eigenvalue weighted by Gasteiger charge is -2.62. The van der Waals surface area contributed by atoms with E-state index in [-0.39, 0.29) is 17.9 Å². The van der Waals surface area contributed by atoms with E-state index in [1.807, 2.05) is 6.07 Å². The number of hydrogen-bond donors (Lipinski definition) is 3. The fraction of sp³-hybridized carbons (Fsp3) is 0.429. The highest BCUT2D eigenvalue weighted by Crippen LogP contribution is 2.69. The minimum atomic E-state index is -0.935. The smallest absolute Gasteiger partial charge is 0.166 e. The van der Waals surface area contributed by atoms with Crippen molar-refractivity contribution in [2.24, 2.45) is 5.92 Å². The number of aromatic hydroxyl groups is 1. The lowest BCUT2D eigenvalue weighted by atomic mass is 9.49. The number of H-pyrrole nitrogens is 1. The molecule has 2 aromatic carbocycles. The summed E-state index contributed by atoms with van der Waals surface area (Å²) in [4.78, 5) is 6.13. The van der Waals surface area contributed by atoms with Gasteiger partial charge in [0.05, 0.1) is 16.7 Å². The SMILES string of the molecule is Oc1ccc2c3c1O[C@H]1c4[nH]cc(-c5ccccc5)c4C[C@@]4(O)C(C2)N(CC2CC2)CCC314. The zero-order valence-electron chi connectivity index (χ0n) is 18.6. The number of benzene rings is 2. The first-order valence-corrected chi connectivity index (χ1v) is 12.3. The molecule has 168 valence electrons. The summed E-state index contributed by atoms with van der Waals surface area (Å²) >= 11 is 0. The zero-order valence-corrected chi connectivity index (χ0v) is 18.6. The van der Waals surface area contributed by atoms with Crippen LogP contribution < -0.4 is 4.74 Å². The summed E-state index contributed by atoms with van der Waals surface area (Å²) in [5.41, 5.74) is 5.38. The predicted molar refractivity (Wildman–Crippen MR) is 124 cm³/mol. The van der Waals surface area contributed by atoms with Crippen molar-refractivity contribution in [3.63, 3.8) is 0 Å². The predicted octanol–water partition coefficient (Wildman–Crippen LogP) is 4.09. The maximum atomic E-state index is 12.8. The maximum Gasteiger partial charge on any atom is 0.166 e. The lowest BCUT2D eigenvalue weighted by Crippen LogP contribution is -2.74. The second kappa shape index (κ2) is 6.02. The number of hydrogen-bond acceptors (Lipinski definition) is 4. The Morgan fingerprint density at radius 2 is 1.97 bits per heavy atom. The molecule has 1 saturated heterocycles. The molecule has 0 radical (unpaired) electrons.